The zero-order valence-corrected chi connectivity index (χ0v) is 16.7. The van der Waals surface area contributed by atoms with E-state index in [2.05, 4.69) is 33.9 Å². The van der Waals surface area contributed by atoms with Crippen molar-refractivity contribution in [1.29, 1.82) is 0 Å². The van der Waals surface area contributed by atoms with Crippen molar-refractivity contribution in [3.05, 3.63) is 54.1 Å². The van der Waals surface area contributed by atoms with Crippen LogP contribution in [-0.4, -0.2) is 46.2 Å². The summed E-state index contributed by atoms with van der Waals surface area (Å²) in [5, 5.41) is 0. The number of nitrogens with one attached hydrogen (secondary N) is 1. The van der Waals surface area contributed by atoms with Crippen LogP contribution in [0, 0.1) is 5.92 Å². The van der Waals surface area contributed by atoms with Crippen LogP contribution < -0.4 is 14.2 Å². The first-order valence-electron chi connectivity index (χ1n) is 9.76. The Balaban J connectivity index is 1.29. The van der Waals surface area contributed by atoms with E-state index in [0.717, 1.165) is 32.5 Å². The standard InChI is InChI=1S/C21H26N2O4S/c24-28(25,19-6-7-20-21(14-19)27-13-12-26-20)22-15-17-8-10-23(11-9-17)16-18-4-2-1-3-5-18/h1-7,14,17,22H,8-13,15-16H2. The summed E-state index contributed by atoms with van der Waals surface area (Å²) in [6, 6.07) is 15.2. The highest BCUT2D eigenvalue weighted by atomic mass is 32.2. The summed E-state index contributed by atoms with van der Waals surface area (Å²) in [6.45, 7) is 4.33. The summed E-state index contributed by atoms with van der Waals surface area (Å²) in [5.74, 6) is 1.44. The van der Waals surface area contributed by atoms with E-state index in [-0.39, 0.29) is 4.90 Å². The minimum Gasteiger partial charge on any atom is -0.486 e. The number of likely N-dealkylation sites (tertiary alicyclic amines) is 1. The molecule has 150 valence electrons. The van der Waals surface area contributed by atoms with Crippen molar-refractivity contribution < 1.29 is 17.9 Å². The molecule has 0 aliphatic carbocycles. The van der Waals surface area contributed by atoms with E-state index in [4.69, 9.17) is 9.47 Å². The molecule has 2 aromatic rings. The molecule has 0 amide bonds. The van der Waals surface area contributed by atoms with Crippen molar-refractivity contribution >= 4 is 10.0 Å². The van der Waals surface area contributed by atoms with Crippen molar-refractivity contribution in [2.24, 2.45) is 5.92 Å². The molecule has 0 aromatic heterocycles. The third-order valence-corrected chi connectivity index (χ3v) is 6.76. The van der Waals surface area contributed by atoms with Gasteiger partial charge in [0.1, 0.15) is 13.2 Å². The number of sulfonamides is 1. The van der Waals surface area contributed by atoms with Crippen LogP contribution in [0.5, 0.6) is 11.5 Å². The molecule has 0 bridgehead atoms. The van der Waals surface area contributed by atoms with Crippen LogP contribution >= 0.6 is 0 Å². The molecule has 1 saturated heterocycles. The van der Waals surface area contributed by atoms with Crippen molar-refractivity contribution in [3.8, 4) is 11.5 Å². The number of hydrogen-bond donors (Lipinski definition) is 1. The maximum Gasteiger partial charge on any atom is 0.240 e. The fourth-order valence-electron chi connectivity index (χ4n) is 3.69. The number of nitrogens with zero attached hydrogens (tertiary/aromatic N) is 1. The smallest absolute Gasteiger partial charge is 0.240 e. The largest absolute Gasteiger partial charge is 0.486 e. The minimum absolute atomic E-state index is 0.221. The first-order chi connectivity index (χ1) is 13.6. The summed E-state index contributed by atoms with van der Waals surface area (Å²) in [4.78, 5) is 2.65. The molecule has 2 heterocycles. The van der Waals surface area contributed by atoms with Gasteiger partial charge < -0.3 is 9.47 Å². The van der Waals surface area contributed by atoms with E-state index < -0.39 is 10.0 Å². The summed E-state index contributed by atoms with van der Waals surface area (Å²) >= 11 is 0. The monoisotopic (exact) mass is 402 g/mol. The molecule has 2 aliphatic rings. The molecule has 1 N–H and O–H groups in total. The van der Waals surface area contributed by atoms with Crippen LogP contribution in [0.1, 0.15) is 18.4 Å². The average molecular weight is 403 g/mol. The first kappa shape index (κ1) is 19.2. The summed E-state index contributed by atoms with van der Waals surface area (Å²) in [5.41, 5.74) is 1.32. The highest BCUT2D eigenvalue weighted by Gasteiger charge is 2.23. The van der Waals surface area contributed by atoms with Gasteiger partial charge in [0.15, 0.2) is 11.5 Å². The Bertz CT molecular complexity index is 894. The van der Waals surface area contributed by atoms with E-state index in [9.17, 15) is 8.42 Å². The molecule has 0 atom stereocenters. The number of ether oxygens (including phenoxy) is 2. The maximum atomic E-state index is 12.6. The lowest BCUT2D eigenvalue weighted by atomic mass is 9.97. The fraction of sp³-hybridized carbons (Fsp3) is 0.429. The second-order valence-corrected chi connectivity index (χ2v) is 9.13. The molecular weight excluding hydrogens is 376 g/mol. The van der Waals surface area contributed by atoms with Gasteiger partial charge >= 0.3 is 0 Å². The van der Waals surface area contributed by atoms with Crippen LogP contribution in [-0.2, 0) is 16.6 Å². The predicted molar refractivity (Wildman–Crippen MR) is 107 cm³/mol. The van der Waals surface area contributed by atoms with Crippen molar-refractivity contribution in [3.63, 3.8) is 0 Å². The van der Waals surface area contributed by atoms with Crippen LogP contribution in [0.4, 0.5) is 0 Å². The third-order valence-electron chi connectivity index (χ3n) is 5.34. The summed E-state index contributed by atoms with van der Waals surface area (Å²) < 4.78 is 39.0. The molecule has 6 nitrogen and oxygen atoms in total. The van der Waals surface area contributed by atoms with E-state index in [1.165, 1.54) is 5.56 Å². The van der Waals surface area contributed by atoms with Gasteiger partial charge in [-0.15, -0.1) is 0 Å². The minimum atomic E-state index is -3.55. The molecule has 1 fully saturated rings. The van der Waals surface area contributed by atoms with Crippen molar-refractivity contribution in [2.45, 2.75) is 24.3 Å². The third kappa shape index (κ3) is 4.66. The maximum absolute atomic E-state index is 12.6. The van der Waals surface area contributed by atoms with E-state index >= 15 is 0 Å². The summed E-state index contributed by atoms with van der Waals surface area (Å²) in [7, 11) is -3.55. The number of fused-ring (bicyclic) bond motifs is 1. The lowest BCUT2D eigenvalue weighted by Gasteiger charge is -2.32. The Kier molecular flexibility index (Phi) is 5.85. The highest BCUT2D eigenvalue weighted by molar-refractivity contribution is 7.89. The van der Waals surface area contributed by atoms with Crippen molar-refractivity contribution in [1.82, 2.24) is 9.62 Å². The highest BCUT2D eigenvalue weighted by Crippen LogP contribution is 2.32. The van der Waals surface area contributed by atoms with Gasteiger partial charge in [0.2, 0.25) is 10.0 Å². The quantitative estimate of drug-likeness (QED) is 0.805. The molecule has 0 saturated carbocycles. The molecule has 0 radical (unpaired) electrons. The van der Waals surface area contributed by atoms with Gasteiger partial charge in [0.05, 0.1) is 4.90 Å². The molecule has 2 aliphatic heterocycles. The van der Waals surface area contributed by atoms with E-state index in [1.807, 2.05) is 6.07 Å². The van der Waals surface area contributed by atoms with E-state index in [0.29, 0.717) is 37.2 Å². The van der Waals surface area contributed by atoms with Gasteiger partial charge in [0.25, 0.3) is 0 Å². The lowest BCUT2D eigenvalue weighted by molar-refractivity contribution is 0.171. The van der Waals surface area contributed by atoms with Gasteiger partial charge in [-0.3, -0.25) is 4.90 Å². The molecule has 4 rings (SSSR count). The van der Waals surface area contributed by atoms with Crippen LogP contribution in [0.15, 0.2) is 53.4 Å². The van der Waals surface area contributed by atoms with Gasteiger partial charge in [0, 0.05) is 19.2 Å². The number of rotatable bonds is 6. The molecule has 2 aromatic carbocycles. The van der Waals surface area contributed by atoms with Crippen LogP contribution in [0.3, 0.4) is 0 Å². The summed E-state index contributed by atoms with van der Waals surface area (Å²) in [6.07, 6.45) is 1.99. The average Bonchev–Trinajstić information content (AvgIpc) is 2.74. The Labute approximate surface area is 166 Å². The molecule has 0 spiro atoms. The number of hydrogen-bond acceptors (Lipinski definition) is 5. The normalized spacial score (nSPS) is 18.1. The zero-order chi connectivity index (χ0) is 19.4. The SMILES string of the molecule is O=S(=O)(NCC1CCN(Cc2ccccc2)CC1)c1ccc2c(c1)OCCO2. The zero-order valence-electron chi connectivity index (χ0n) is 15.8. The van der Waals surface area contributed by atoms with Gasteiger partial charge in [-0.2, -0.15) is 0 Å². The molecular formula is C21H26N2O4S. The van der Waals surface area contributed by atoms with Crippen molar-refractivity contribution in [2.75, 3.05) is 32.8 Å². The predicted octanol–water partition coefficient (Wildman–Crippen LogP) is 2.65. The van der Waals surface area contributed by atoms with Gasteiger partial charge in [-0.05, 0) is 49.5 Å². The second kappa shape index (κ2) is 8.51. The Morgan fingerprint density at radius 3 is 2.43 bits per heavy atom. The fourth-order valence-corrected chi connectivity index (χ4v) is 4.82. The second-order valence-electron chi connectivity index (χ2n) is 7.36. The Hall–Kier alpha value is -2.09. The lowest BCUT2D eigenvalue weighted by Crippen LogP contribution is -2.38. The van der Waals surface area contributed by atoms with Gasteiger partial charge in [-0.1, -0.05) is 30.3 Å². The van der Waals surface area contributed by atoms with Crippen LogP contribution in [0.25, 0.3) is 0 Å². The first-order valence-corrected chi connectivity index (χ1v) is 11.2. The van der Waals surface area contributed by atoms with Crippen LogP contribution in [0.2, 0.25) is 0 Å². The Morgan fingerprint density at radius 1 is 0.964 bits per heavy atom. The number of benzene rings is 2. The molecule has 28 heavy (non-hydrogen) atoms. The Morgan fingerprint density at radius 2 is 1.68 bits per heavy atom. The topological polar surface area (TPSA) is 67.9 Å². The number of piperidine rings is 1. The van der Waals surface area contributed by atoms with Gasteiger partial charge in [-0.25, -0.2) is 13.1 Å². The van der Waals surface area contributed by atoms with E-state index in [1.54, 1.807) is 18.2 Å². The molecule has 7 heteroatoms. The molecule has 0 unspecified atom stereocenters.